The third-order valence-electron chi connectivity index (χ3n) is 3.96. The van der Waals surface area contributed by atoms with Gasteiger partial charge in [-0.05, 0) is 36.3 Å². The largest absolute Gasteiger partial charge is 0.321 e. The fourth-order valence-corrected chi connectivity index (χ4v) is 4.52. The molecule has 2 N–H and O–H groups in total. The average Bonchev–Trinajstić information content (AvgIpc) is 2.94. The highest BCUT2D eigenvalue weighted by Gasteiger charge is 2.43. The summed E-state index contributed by atoms with van der Waals surface area (Å²) in [4.78, 5) is 0. The van der Waals surface area contributed by atoms with Crippen LogP contribution in [-0.2, 0) is 15.4 Å². The maximum absolute atomic E-state index is 11.6. The van der Waals surface area contributed by atoms with Crippen LogP contribution in [-0.4, -0.2) is 19.9 Å². The standard InChI is InChI=1S/C13H17NO2S/c14-13(6-7-13)12-4-2-1-3-11(12)10-5-8-17(15,16)9-10/h1-4,10H,5-9,14H2. The Hall–Kier alpha value is -0.870. The summed E-state index contributed by atoms with van der Waals surface area (Å²) < 4.78 is 23.1. The molecular weight excluding hydrogens is 234 g/mol. The van der Waals surface area contributed by atoms with Crippen LogP contribution in [0.25, 0.3) is 0 Å². The molecule has 2 fully saturated rings. The predicted octanol–water partition coefficient (Wildman–Crippen LogP) is 1.54. The molecule has 4 heteroatoms. The van der Waals surface area contributed by atoms with Crippen LogP contribution < -0.4 is 5.73 Å². The highest BCUT2D eigenvalue weighted by molar-refractivity contribution is 7.91. The molecule has 1 aromatic carbocycles. The van der Waals surface area contributed by atoms with E-state index in [0.717, 1.165) is 24.8 Å². The Kier molecular flexibility index (Phi) is 2.35. The topological polar surface area (TPSA) is 60.2 Å². The molecule has 17 heavy (non-hydrogen) atoms. The lowest BCUT2D eigenvalue weighted by molar-refractivity contribution is 0.601. The van der Waals surface area contributed by atoms with Crippen molar-refractivity contribution in [3.63, 3.8) is 0 Å². The highest BCUT2D eigenvalue weighted by atomic mass is 32.2. The lowest BCUT2D eigenvalue weighted by Crippen LogP contribution is -2.22. The fourth-order valence-electron chi connectivity index (χ4n) is 2.75. The molecule has 0 aromatic heterocycles. The molecule has 92 valence electrons. The van der Waals surface area contributed by atoms with E-state index in [9.17, 15) is 8.42 Å². The number of rotatable bonds is 2. The van der Waals surface area contributed by atoms with E-state index < -0.39 is 9.84 Å². The maximum Gasteiger partial charge on any atom is 0.150 e. The summed E-state index contributed by atoms with van der Waals surface area (Å²) in [5.74, 6) is 0.765. The Morgan fingerprint density at radius 3 is 2.53 bits per heavy atom. The average molecular weight is 251 g/mol. The van der Waals surface area contributed by atoms with Crippen LogP contribution >= 0.6 is 0 Å². The van der Waals surface area contributed by atoms with Gasteiger partial charge in [0, 0.05) is 5.54 Å². The summed E-state index contributed by atoms with van der Waals surface area (Å²) in [6, 6.07) is 8.09. The zero-order chi connectivity index (χ0) is 12.1. The van der Waals surface area contributed by atoms with Crippen LogP contribution in [0.15, 0.2) is 24.3 Å². The van der Waals surface area contributed by atoms with Crippen molar-refractivity contribution < 1.29 is 8.42 Å². The first-order valence-electron chi connectivity index (χ1n) is 6.09. The fraction of sp³-hybridized carbons (Fsp3) is 0.538. The minimum Gasteiger partial charge on any atom is -0.321 e. The molecule has 0 amide bonds. The van der Waals surface area contributed by atoms with Crippen molar-refractivity contribution in [2.45, 2.75) is 30.7 Å². The Morgan fingerprint density at radius 1 is 1.24 bits per heavy atom. The van der Waals surface area contributed by atoms with E-state index in [4.69, 9.17) is 5.73 Å². The van der Waals surface area contributed by atoms with Crippen molar-refractivity contribution in [3.8, 4) is 0 Å². The van der Waals surface area contributed by atoms with Gasteiger partial charge in [-0.15, -0.1) is 0 Å². The molecule has 0 radical (unpaired) electrons. The van der Waals surface area contributed by atoms with E-state index in [1.54, 1.807) is 0 Å². The van der Waals surface area contributed by atoms with Crippen molar-refractivity contribution in [3.05, 3.63) is 35.4 Å². The molecule has 1 aliphatic carbocycles. The van der Waals surface area contributed by atoms with Gasteiger partial charge in [0.25, 0.3) is 0 Å². The molecule has 3 nitrogen and oxygen atoms in total. The summed E-state index contributed by atoms with van der Waals surface area (Å²) in [6.07, 6.45) is 2.78. The predicted molar refractivity (Wildman–Crippen MR) is 67.6 cm³/mol. The van der Waals surface area contributed by atoms with Crippen LogP contribution in [0.4, 0.5) is 0 Å². The zero-order valence-corrected chi connectivity index (χ0v) is 10.5. The van der Waals surface area contributed by atoms with Crippen molar-refractivity contribution in [1.29, 1.82) is 0 Å². The Bertz CT molecular complexity index is 546. The van der Waals surface area contributed by atoms with Crippen LogP contribution in [0, 0.1) is 0 Å². The van der Waals surface area contributed by atoms with Crippen LogP contribution in [0.5, 0.6) is 0 Å². The van der Waals surface area contributed by atoms with Gasteiger partial charge in [0.1, 0.15) is 0 Å². The second kappa shape index (κ2) is 3.56. The molecule has 1 heterocycles. The minimum absolute atomic E-state index is 0.150. The number of nitrogens with two attached hydrogens (primary N) is 1. The van der Waals surface area contributed by atoms with Crippen molar-refractivity contribution in [2.24, 2.45) is 5.73 Å². The van der Waals surface area contributed by atoms with Gasteiger partial charge in [-0.2, -0.15) is 0 Å². The van der Waals surface area contributed by atoms with E-state index >= 15 is 0 Å². The first-order valence-corrected chi connectivity index (χ1v) is 7.91. The van der Waals surface area contributed by atoms with Gasteiger partial charge in [0.05, 0.1) is 11.5 Å². The second-order valence-electron chi connectivity index (χ2n) is 5.34. The number of sulfone groups is 1. The van der Waals surface area contributed by atoms with E-state index in [-0.39, 0.29) is 11.5 Å². The van der Waals surface area contributed by atoms with Gasteiger partial charge < -0.3 is 5.73 Å². The lowest BCUT2D eigenvalue weighted by Gasteiger charge is -2.18. The van der Waals surface area contributed by atoms with Gasteiger partial charge in [-0.25, -0.2) is 8.42 Å². The van der Waals surface area contributed by atoms with E-state index in [1.807, 2.05) is 18.2 Å². The quantitative estimate of drug-likeness (QED) is 0.867. The molecule has 1 unspecified atom stereocenters. The van der Waals surface area contributed by atoms with Gasteiger partial charge >= 0.3 is 0 Å². The van der Waals surface area contributed by atoms with Gasteiger partial charge in [0.2, 0.25) is 0 Å². The molecule has 1 aliphatic heterocycles. The summed E-state index contributed by atoms with van der Waals surface area (Å²) in [6.45, 7) is 0. The third-order valence-corrected chi connectivity index (χ3v) is 5.73. The Balaban J connectivity index is 1.99. The molecule has 0 bridgehead atoms. The molecular formula is C13H17NO2S. The normalized spacial score (nSPS) is 29.1. The number of hydrogen-bond donors (Lipinski definition) is 1. The maximum atomic E-state index is 11.6. The minimum atomic E-state index is -2.83. The summed E-state index contributed by atoms with van der Waals surface area (Å²) in [7, 11) is -2.83. The van der Waals surface area contributed by atoms with E-state index in [1.165, 1.54) is 5.56 Å². The van der Waals surface area contributed by atoms with Crippen molar-refractivity contribution >= 4 is 9.84 Å². The van der Waals surface area contributed by atoms with E-state index in [2.05, 4.69) is 6.07 Å². The molecule has 1 aromatic rings. The molecule has 0 spiro atoms. The summed E-state index contributed by atoms with van der Waals surface area (Å²) in [5.41, 5.74) is 8.41. The zero-order valence-electron chi connectivity index (χ0n) is 9.72. The Labute approximate surface area is 102 Å². The Morgan fingerprint density at radius 2 is 1.94 bits per heavy atom. The van der Waals surface area contributed by atoms with Crippen molar-refractivity contribution in [2.75, 3.05) is 11.5 Å². The van der Waals surface area contributed by atoms with Crippen LogP contribution in [0.2, 0.25) is 0 Å². The van der Waals surface area contributed by atoms with E-state index in [0.29, 0.717) is 11.5 Å². The third kappa shape index (κ3) is 2.00. The van der Waals surface area contributed by atoms with Gasteiger partial charge in [-0.1, -0.05) is 24.3 Å². The summed E-state index contributed by atoms with van der Waals surface area (Å²) >= 11 is 0. The van der Waals surface area contributed by atoms with Crippen molar-refractivity contribution in [1.82, 2.24) is 0 Å². The van der Waals surface area contributed by atoms with Gasteiger partial charge in [0.15, 0.2) is 9.84 Å². The van der Waals surface area contributed by atoms with Gasteiger partial charge in [-0.3, -0.25) is 0 Å². The molecule has 3 rings (SSSR count). The highest BCUT2D eigenvalue weighted by Crippen LogP contribution is 2.46. The first-order chi connectivity index (χ1) is 8.00. The summed E-state index contributed by atoms with van der Waals surface area (Å²) in [5, 5.41) is 0. The molecule has 1 saturated heterocycles. The molecule has 2 aliphatic rings. The van der Waals surface area contributed by atoms with Crippen LogP contribution in [0.3, 0.4) is 0 Å². The monoisotopic (exact) mass is 251 g/mol. The first kappa shape index (κ1) is 11.2. The number of benzene rings is 1. The van der Waals surface area contributed by atoms with Crippen LogP contribution in [0.1, 0.15) is 36.3 Å². The molecule has 1 atom stereocenters. The SMILES string of the molecule is NC1(c2ccccc2C2CCS(=O)(=O)C2)CC1. The smallest absolute Gasteiger partial charge is 0.150 e. The molecule has 1 saturated carbocycles. The second-order valence-corrected chi connectivity index (χ2v) is 7.57. The number of hydrogen-bond acceptors (Lipinski definition) is 3. The lowest BCUT2D eigenvalue weighted by atomic mass is 9.89.